The van der Waals surface area contributed by atoms with E-state index in [0.717, 1.165) is 11.1 Å². The number of nitrogens with one attached hydrogen (secondary N) is 1. The second-order valence-electron chi connectivity index (χ2n) is 5.91. The standard InChI is InChI=1S/C21H19NO4S/c1-26-21(23)18-12-6-8-14-20(18)27(24,25)22-19-13-7-5-11-17(19)15-16-9-3-2-4-10-16/h2-14,22H,15H2,1H3. The van der Waals surface area contributed by atoms with Gasteiger partial charge in [0.25, 0.3) is 10.0 Å². The molecule has 0 unspecified atom stereocenters. The van der Waals surface area contributed by atoms with E-state index in [1.165, 1.54) is 19.2 Å². The van der Waals surface area contributed by atoms with E-state index in [-0.39, 0.29) is 10.5 Å². The Hall–Kier alpha value is -3.12. The van der Waals surface area contributed by atoms with E-state index in [2.05, 4.69) is 4.72 Å². The number of carbonyl (C=O) groups is 1. The SMILES string of the molecule is COC(=O)c1ccccc1S(=O)(=O)Nc1ccccc1Cc1ccccc1. The van der Waals surface area contributed by atoms with Crippen LogP contribution in [0.1, 0.15) is 21.5 Å². The molecular formula is C21H19NO4S. The number of sulfonamides is 1. The quantitative estimate of drug-likeness (QED) is 0.658. The van der Waals surface area contributed by atoms with E-state index >= 15 is 0 Å². The number of hydrogen-bond acceptors (Lipinski definition) is 4. The molecule has 1 N–H and O–H groups in total. The number of benzene rings is 3. The maximum atomic E-state index is 12.9. The summed E-state index contributed by atoms with van der Waals surface area (Å²) in [7, 11) is -2.75. The van der Waals surface area contributed by atoms with Crippen LogP contribution in [0.15, 0.2) is 83.8 Å². The summed E-state index contributed by atoms with van der Waals surface area (Å²) in [5, 5.41) is 0. The lowest BCUT2D eigenvalue weighted by Gasteiger charge is -2.14. The summed E-state index contributed by atoms with van der Waals surface area (Å²) < 4.78 is 33.2. The Balaban J connectivity index is 1.95. The number of rotatable bonds is 6. The van der Waals surface area contributed by atoms with Crippen molar-refractivity contribution < 1.29 is 17.9 Å². The van der Waals surface area contributed by atoms with Gasteiger partial charge in [0.15, 0.2) is 0 Å². The molecule has 5 nitrogen and oxygen atoms in total. The maximum Gasteiger partial charge on any atom is 0.339 e. The zero-order valence-corrected chi connectivity index (χ0v) is 15.6. The largest absolute Gasteiger partial charge is 0.465 e. The number of carbonyl (C=O) groups excluding carboxylic acids is 1. The van der Waals surface area contributed by atoms with Gasteiger partial charge in [0.2, 0.25) is 0 Å². The van der Waals surface area contributed by atoms with Crippen molar-refractivity contribution in [3.63, 3.8) is 0 Å². The Morgan fingerprint density at radius 3 is 2.26 bits per heavy atom. The molecule has 3 aromatic carbocycles. The molecule has 0 spiro atoms. The third-order valence-electron chi connectivity index (χ3n) is 4.08. The molecule has 0 fully saturated rings. The van der Waals surface area contributed by atoms with Crippen LogP contribution in [0, 0.1) is 0 Å². The molecule has 0 atom stereocenters. The molecule has 0 aliphatic rings. The fourth-order valence-corrected chi connectivity index (χ4v) is 4.07. The summed E-state index contributed by atoms with van der Waals surface area (Å²) in [6, 6.07) is 22.9. The molecule has 0 aliphatic heterocycles. The third-order valence-corrected chi connectivity index (χ3v) is 5.50. The van der Waals surface area contributed by atoms with Gasteiger partial charge < -0.3 is 4.74 Å². The minimum Gasteiger partial charge on any atom is -0.465 e. The molecule has 3 aromatic rings. The molecule has 138 valence electrons. The third kappa shape index (κ3) is 4.35. The highest BCUT2D eigenvalue weighted by Crippen LogP contribution is 2.24. The number of methoxy groups -OCH3 is 1. The highest BCUT2D eigenvalue weighted by atomic mass is 32.2. The van der Waals surface area contributed by atoms with Crippen molar-refractivity contribution in [1.82, 2.24) is 0 Å². The van der Waals surface area contributed by atoms with Crippen LogP contribution in [-0.4, -0.2) is 21.5 Å². The summed E-state index contributed by atoms with van der Waals surface area (Å²) in [6.45, 7) is 0. The first-order valence-corrected chi connectivity index (χ1v) is 9.81. The Labute approximate surface area is 158 Å². The van der Waals surface area contributed by atoms with Gasteiger partial charge in [0.1, 0.15) is 4.90 Å². The van der Waals surface area contributed by atoms with Crippen LogP contribution in [-0.2, 0) is 21.2 Å². The molecular weight excluding hydrogens is 362 g/mol. The summed E-state index contributed by atoms with van der Waals surface area (Å²) in [5.41, 5.74) is 2.37. The van der Waals surface area contributed by atoms with Gasteiger partial charge in [-0.1, -0.05) is 60.7 Å². The van der Waals surface area contributed by atoms with Crippen LogP contribution >= 0.6 is 0 Å². The summed E-state index contributed by atoms with van der Waals surface area (Å²) in [4.78, 5) is 11.8. The smallest absolute Gasteiger partial charge is 0.339 e. The fourth-order valence-electron chi connectivity index (χ4n) is 2.77. The van der Waals surface area contributed by atoms with Crippen molar-refractivity contribution in [2.75, 3.05) is 11.8 Å². The van der Waals surface area contributed by atoms with Crippen LogP contribution < -0.4 is 4.72 Å². The molecule has 0 aliphatic carbocycles. The maximum absolute atomic E-state index is 12.9. The van der Waals surface area contributed by atoms with Crippen molar-refractivity contribution in [3.8, 4) is 0 Å². The first-order chi connectivity index (χ1) is 13.0. The van der Waals surface area contributed by atoms with Gasteiger partial charge in [0, 0.05) is 0 Å². The molecule has 0 bridgehead atoms. The second-order valence-corrected chi connectivity index (χ2v) is 7.56. The van der Waals surface area contributed by atoms with Crippen molar-refractivity contribution in [3.05, 3.63) is 95.6 Å². The van der Waals surface area contributed by atoms with E-state index in [0.29, 0.717) is 12.1 Å². The minimum absolute atomic E-state index is 0.00644. The van der Waals surface area contributed by atoms with Crippen LogP contribution in [0.25, 0.3) is 0 Å². The zero-order valence-electron chi connectivity index (χ0n) is 14.8. The van der Waals surface area contributed by atoms with Gasteiger partial charge in [-0.2, -0.15) is 0 Å². The highest BCUT2D eigenvalue weighted by Gasteiger charge is 2.23. The van der Waals surface area contributed by atoms with E-state index < -0.39 is 16.0 Å². The van der Waals surface area contributed by atoms with Gasteiger partial charge in [-0.15, -0.1) is 0 Å². The fraction of sp³-hybridized carbons (Fsp3) is 0.0952. The Morgan fingerprint density at radius 1 is 0.889 bits per heavy atom. The van der Waals surface area contributed by atoms with Crippen molar-refractivity contribution in [2.24, 2.45) is 0 Å². The Bertz CT molecular complexity index is 1050. The van der Waals surface area contributed by atoms with Crippen molar-refractivity contribution in [1.29, 1.82) is 0 Å². The molecule has 6 heteroatoms. The molecule has 27 heavy (non-hydrogen) atoms. The van der Waals surface area contributed by atoms with Crippen LogP contribution in [0.4, 0.5) is 5.69 Å². The molecule has 0 radical (unpaired) electrons. The van der Waals surface area contributed by atoms with Crippen LogP contribution in [0.3, 0.4) is 0 Å². The Morgan fingerprint density at radius 2 is 1.52 bits per heavy atom. The zero-order chi connectivity index (χ0) is 19.3. The highest BCUT2D eigenvalue weighted by molar-refractivity contribution is 7.92. The summed E-state index contributed by atoms with van der Waals surface area (Å²) in [5.74, 6) is -0.700. The lowest BCUT2D eigenvalue weighted by molar-refractivity contribution is 0.0596. The predicted molar refractivity (Wildman–Crippen MR) is 104 cm³/mol. The van der Waals surface area contributed by atoms with E-state index in [1.807, 2.05) is 42.5 Å². The van der Waals surface area contributed by atoms with Crippen molar-refractivity contribution in [2.45, 2.75) is 11.3 Å². The number of anilines is 1. The minimum atomic E-state index is -3.96. The summed E-state index contributed by atoms with van der Waals surface area (Å²) in [6.07, 6.45) is 0.582. The lowest BCUT2D eigenvalue weighted by Crippen LogP contribution is -2.18. The normalized spacial score (nSPS) is 11.0. The first kappa shape index (κ1) is 18.7. The topological polar surface area (TPSA) is 72.5 Å². The average molecular weight is 381 g/mol. The lowest BCUT2D eigenvalue weighted by atomic mass is 10.0. The predicted octanol–water partition coefficient (Wildman–Crippen LogP) is 3.86. The van der Waals surface area contributed by atoms with Gasteiger partial charge in [0.05, 0.1) is 18.4 Å². The van der Waals surface area contributed by atoms with E-state index in [1.54, 1.807) is 24.3 Å². The average Bonchev–Trinajstić information content (AvgIpc) is 2.69. The van der Waals surface area contributed by atoms with E-state index in [4.69, 9.17) is 4.74 Å². The van der Waals surface area contributed by atoms with Crippen molar-refractivity contribution >= 4 is 21.7 Å². The number of hydrogen-bond donors (Lipinski definition) is 1. The van der Waals surface area contributed by atoms with Gasteiger partial charge >= 0.3 is 5.97 Å². The number of ether oxygens (including phenoxy) is 1. The monoisotopic (exact) mass is 381 g/mol. The molecule has 0 amide bonds. The molecule has 0 aromatic heterocycles. The summed E-state index contributed by atoms with van der Waals surface area (Å²) >= 11 is 0. The second kappa shape index (κ2) is 8.05. The van der Waals surface area contributed by atoms with Crippen LogP contribution in [0.2, 0.25) is 0 Å². The molecule has 0 saturated carbocycles. The van der Waals surface area contributed by atoms with E-state index in [9.17, 15) is 13.2 Å². The molecule has 0 saturated heterocycles. The number of para-hydroxylation sites is 1. The molecule has 3 rings (SSSR count). The first-order valence-electron chi connectivity index (χ1n) is 8.33. The molecule has 0 heterocycles. The number of esters is 1. The van der Waals surface area contributed by atoms with Gasteiger partial charge in [-0.3, -0.25) is 4.72 Å². The van der Waals surface area contributed by atoms with Gasteiger partial charge in [-0.05, 0) is 35.7 Å². The van der Waals surface area contributed by atoms with Crippen LogP contribution in [0.5, 0.6) is 0 Å². The Kier molecular flexibility index (Phi) is 5.57. The van der Waals surface area contributed by atoms with Gasteiger partial charge in [-0.25, -0.2) is 13.2 Å².